The zero-order valence-corrected chi connectivity index (χ0v) is 13.7. The number of hydrogen-bond acceptors (Lipinski definition) is 1. The molecular weight excluding hydrogens is 254 g/mol. The molecule has 4 aliphatic rings. The maximum atomic E-state index is 8.02. The van der Waals surface area contributed by atoms with Crippen molar-refractivity contribution < 1.29 is 0 Å². The summed E-state index contributed by atoms with van der Waals surface area (Å²) in [5.41, 5.74) is 4.87. The van der Waals surface area contributed by atoms with Crippen molar-refractivity contribution in [2.75, 3.05) is 0 Å². The van der Waals surface area contributed by atoms with E-state index in [0.29, 0.717) is 10.8 Å². The van der Waals surface area contributed by atoms with Crippen molar-refractivity contribution >= 4 is 5.71 Å². The van der Waals surface area contributed by atoms with Crippen LogP contribution >= 0.6 is 0 Å². The molecule has 114 valence electrons. The van der Waals surface area contributed by atoms with Crippen LogP contribution in [-0.2, 0) is 0 Å². The van der Waals surface area contributed by atoms with E-state index in [1.54, 1.807) is 11.1 Å². The molecule has 0 amide bonds. The van der Waals surface area contributed by atoms with Gasteiger partial charge in [0.2, 0.25) is 0 Å². The lowest BCUT2D eigenvalue weighted by Crippen LogP contribution is -2.49. The Morgan fingerprint density at radius 2 is 1.76 bits per heavy atom. The molecule has 1 N–H and O–H groups in total. The topological polar surface area (TPSA) is 23.9 Å². The minimum absolute atomic E-state index is 0.402. The molecule has 5 atom stereocenters. The highest BCUT2D eigenvalue weighted by molar-refractivity contribution is 5.94. The van der Waals surface area contributed by atoms with Gasteiger partial charge in [-0.25, -0.2) is 0 Å². The van der Waals surface area contributed by atoms with Crippen LogP contribution in [0.3, 0.4) is 0 Å². The Morgan fingerprint density at radius 3 is 2.57 bits per heavy atom. The molecule has 0 aliphatic heterocycles. The van der Waals surface area contributed by atoms with Crippen LogP contribution in [0.1, 0.15) is 65.2 Å². The lowest BCUT2D eigenvalue weighted by atomic mass is 9.47. The van der Waals surface area contributed by atoms with Crippen LogP contribution in [0, 0.1) is 34.0 Å². The van der Waals surface area contributed by atoms with Crippen molar-refractivity contribution in [1.29, 1.82) is 5.41 Å². The lowest BCUT2D eigenvalue weighted by molar-refractivity contribution is -0.0225. The van der Waals surface area contributed by atoms with Crippen LogP contribution in [0.25, 0.3) is 0 Å². The highest BCUT2D eigenvalue weighted by Gasteiger charge is 2.56. The van der Waals surface area contributed by atoms with Gasteiger partial charge in [-0.2, -0.15) is 0 Å². The molecule has 0 spiro atoms. The third kappa shape index (κ3) is 1.72. The molecule has 1 heteroatoms. The summed E-state index contributed by atoms with van der Waals surface area (Å²) in [5, 5.41) is 8.02. The minimum Gasteiger partial charge on any atom is -0.305 e. The molecule has 0 aromatic rings. The maximum absolute atomic E-state index is 8.02. The van der Waals surface area contributed by atoms with Gasteiger partial charge in [0.15, 0.2) is 0 Å². The van der Waals surface area contributed by atoms with E-state index >= 15 is 0 Å². The number of fused-ring (bicyclic) bond motifs is 5. The molecule has 4 aliphatic carbocycles. The van der Waals surface area contributed by atoms with Gasteiger partial charge in [-0.1, -0.05) is 31.6 Å². The first-order chi connectivity index (χ1) is 9.95. The smallest absolute Gasteiger partial charge is 0.0314 e. The van der Waals surface area contributed by atoms with Crippen LogP contribution in [0.5, 0.6) is 0 Å². The first-order valence-electron chi connectivity index (χ1n) is 8.92. The second-order valence-electron chi connectivity index (χ2n) is 8.63. The van der Waals surface area contributed by atoms with Gasteiger partial charge in [0.1, 0.15) is 0 Å². The van der Waals surface area contributed by atoms with Crippen molar-refractivity contribution in [3.63, 3.8) is 0 Å². The monoisotopic (exact) mass is 283 g/mol. The number of allylic oxidation sites excluding steroid dienone is 3. The van der Waals surface area contributed by atoms with Crippen molar-refractivity contribution in [3.05, 3.63) is 23.8 Å². The fraction of sp³-hybridized carbons (Fsp3) is 0.750. The Hall–Kier alpha value is -0.850. The van der Waals surface area contributed by atoms with Gasteiger partial charge >= 0.3 is 0 Å². The first-order valence-corrected chi connectivity index (χ1v) is 8.92. The first kappa shape index (κ1) is 13.8. The van der Waals surface area contributed by atoms with Crippen LogP contribution in [0.2, 0.25) is 0 Å². The minimum atomic E-state index is 0.402. The Bertz CT molecular complexity index is 542. The third-order valence-electron chi connectivity index (χ3n) is 7.95. The maximum Gasteiger partial charge on any atom is 0.0314 e. The summed E-state index contributed by atoms with van der Waals surface area (Å²) in [6.07, 6.45) is 12.5. The Kier molecular flexibility index (Phi) is 2.85. The SMILES string of the molecule is C=C1CCC2C3CCC4=CC(=N)CC[C@]4(C)C3CC[C@]12C. The van der Waals surface area contributed by atoms with E-state index < -0.39 is 0 Å². The van der Waals surface area contributed by atoms with Crippen molar-refractivity contribution in [3.8, 4) is 0 Å². The summed E-state index contributed by atoms with van der Waals surface area (Å²) >= 11 is 0. The summed E-state index contributed by atoms with van der Waals surface area (Å²) in [4.78, 5) is 0. The van der Waals surface area contributed by atoms with E-state index in [1.807, 2.05) is 0 Å². The van der Waals surface area contributed by atoms with E-state index in [1.165, 1.54) is 44.9 Å². The predicted molar refractivity (Wildman–Crippen MR) is 88.6 cm³/mol. The van der Waals surface area contributed by atoms with Crippen LogP contribution < -0.4 is 0 Å². The van der Waals surface area contributed by atoms with Gasteiger partial charge in [0, 0.05) is 5.71 Å². The van der Waals surface area contributed by atoms with Crippen LogP contribution in [0.15, 0.2) is 23.8 Å². The molecule has 21 heavy (non-hydrogen) atoms. The van der Waals surface area contributed by atoms with E-state index in [9.17, 15) is 0 Å². The summed E-state index contributed by atoms with van der Waals surface area (Å²) in [6.45, 7) is 9.45. The quantitative estimate of drug-likeness (QED) is 0.566. The van der Waals surface area contributed by atoms with E-state index in [4.69, 9.17) is 5.41 Å². The second kappa shape index (κ2) is 4.33. The van der Waals surface area contributed by atoms with E-state index in [2.05, 4.69) is 26.5 Å². The predicted octanol–water partition coefficient (Wildman–Crippen LogP) is 5.53. The summed E-state index contributed by atoms with van der Waals surface area (Å²) in [7, 11) is 0. The van der Waals surface area contributed by atoms with E-state index in [-0.39, 0.29) is 0 Å². The summed E-state index contributed by atoms with van der Waals surface area (Å²) < 4.78 is 0. The van der Waals surface area contributed by atoms with Crippen LogP contribution in [-0.4, -0.2) is 5.71 Å². The number of rotatable bonds is 0. The van der Waals surface area contributed by atoms with Gasteiger partial charge in [0.05, 0.1) is 0 Å². The molecule has 4 rings (SSSR count). The van der Waals surface area contributed by atoms with Gasteiger partial charge in [0.25, 0.3) is 0 Å². The van der Waals surface area contributed by atoms with Crippen molar-refractivity contribution in [1.82, 2.24) is 0 Å². The molecule has 0 radical (unpaired) electrons. The normalized spacial score (nSPS) is 49.2. The molecular formula is C20H29N. The molecule has 3 unspecified atom stereocenters. The molecule has 0 bridgehead atoms. The Morgan fingerprint density at radius 1 is 1.00 bits per heavy atom. The van der Waals surface area contributed by atoms with E-state index in [0.717, 1.165) is 29.9 Å². The Balaban J connectivity index is 1.70. The summed E-state index contributed by atoms with van der Waals surface area (Å²) in [5.74, 6) is 2.68. The zero-order chi connectivity index (χ0) is 14.8. The molecule has 3 saturated carbocycles. The molecule has 0 saturated heterocycles. The van der Waals surface area contributed by atoms with Gasteiger partial charge in [-0.3, -0.25) is 0 Å². The lowest BCUT2D eigenvalue weighted by Gasteiger charge is -2.57. The van der Waals surface area contributed by atoms with Crippen molar-refractivity contribution in [2.45, 2.75) is 65.2 Å². The van der Waals surface area contributed by atoms with Gasteiger partial charge < -0.3 is 5.41 Å². The molecule has 3 fully saturated rings. The average molecular weight is 283 g/mol. The molecule has 0 aromatic heterocycles. The second-order valence-corrected chi connectivity index (χ2v) is 8.63. The highest BCUT2D eigenvalue weighted by atomic mass is 14.6. The van der Waals surface area contributed by atoms with Crippen LogP contribution in [0.4, 0.5) is 0 Å². The highest BCUT2D eigenvalue weighted by Crippen LogP contribution is 2.66. The largest absolute Gasteiger partial charge is 0.305 e. The molecule has 1 nitrogen and oxygen atoms in total. The third-order valence-corrected chi connectivity index (χ3v) is 7.95. The molecule has 0 heterocycles. The standard InChI is InChI=1S/C20H29N/c1-13-4-7-17-16-6-5-14-12-15(21)8-10-20(14,3)18(16)9-11-19(13,17)2/h12,16-18,21H,1,4-11H2,2-3H3/t16?,17?,18?,19-,20+/m1/s1. The molecule has 0 aromatic carbocycles. The van der Waals surface area contributed by atoms with Crippen molar-refractivity contribution in [2.24, 2.45) is 28.6 Å². The fourth-order valence-electron chi connectivity index (χ4n) is 6.49. The Labute approximate surface area is 129 Å². The van der Waals surface area contributed by atoms with Gasteiger partial charge in [-0.05, 0) is 86.0 Å². The number of hydrogen-bond donors (Lipinski definition) is 1. The van der Waals surface area contributed by atoms with Gasteiger partial charge in [-0.15, -0.1) is 0 Å². The average Bonchev–Trinajstić information content (AvgIpc) is 2.76. The fourth-order valence-corrected chi connectivity index (χ4v) is 6.49. The zero-order valence-electron chi connectivity index (χ0n) is 13.7. The summed E-state index contributed by atoms with van der Waals surface area (Å²) in [6, 6.07) is 0. The number of nitrogens with one attached hydrogen (secondary N) is 1.